The van der Waals surface area contributed by atoms with Crippen molar-refractivity contribution in [3.8, 4) is 22.5 Å². The van der Waals surface area contributed by atoms with Crippen molar-refractivity contribution in [1.29, 1.82) is 0 Å². The van der Waals surface area contributed by atoms with E-state index in [2.05, 4.69) is 15.2 Å². The molecule has 2 aromatic carbocycles. The molecule has 5 aromatic rings. The molecule has 1 atom stereocenters. The molecular weight excluding hydrogens is 450 g/mol. The first-order valence-corrected chi connectivity index (χ1v) is 12.2. The van der Waals surface area contributed by atoms with Crippen LogP contribution in [0.1, 0.15) is 28.4 Å². The number of hydrogen-bond acceptors (Lipinski definition) is 7. The van der Waals surface area contributed by atoms with Gasteiger partial charge in [-0.25, -0.2) is 9.97 Å². The maximum Gasteiger partial charge on any atom is 0.259 e. The van der Waals surface area contributed by atoms with E-state index in [4.69, 9.17) is 9.97 Å². The van der Waals surface area contributed by atoms with Gasteiger partial charge < -0.3 is 4.98 Å². The lowest BCUT2D eigenvalue weighted by atomic mass is 10.0. The molecule has 6 nitrogen and oxygen atoms in total. The normalized spacial score (nSPS) is 12.2. The SMILES string of the molecule is Cc1sc2nc(C(C)Sc3nnc(-c4ccccc4)c(-c4ccccc4)n3)[nH]c(=O)c2c1C. The van der Waals surface area contributed by atoms with Crippen molar-refractivity contribution in [2.45, 2.75) is 31.2 Å². The summed E-state index contributed by atoms with van der Waals surface area (Å²) in [4.78, 5) is 27.1. The Balaban J connectivity index is 1.52. The maximum absolute atomic E-state index is 12.7. The van der Waals surface area contributed by atoms with Crippen molar-refractivity contribution in [3.05, 3.63) is 87.3 Å². The Morgan fingerprint density at radius 2 is 1.52 bits per heavy atom. The van der Waals surface area contributed by atoms with Crippen LogP contribution in [0.25, 0.3) is 32.7 Å². The lowest BCUT2D eigenvalue weighted by Gasteiger charge is -2.12. The zero-order valence-electron chi connectivity index (χ0n) is 18.4. The third-order valence-electron chi connectivity index (χ3n) is 5.49. The molecule has 8 heteroatoms. The Kier molecular flexibility index (Phi) is 5.78. The Morgan fingerprint density at radius 1 is 0.879 bits per heavy atom. The quantitative estimate of drug-likeness (QED) is 0.318. The molecule has 1 unspecified atom stereocenters. The van der Waals surface area contributed by atoms with Crippen molar-refractivity contribution >= 4 is 33.3 Å². The molecule has 164 valence electrons. The van der Waals surface area contributed by atoms with Crippen LogP contribution in [0.5, 0.6) is 0 Å². The van der Waals surface area contributed by atoms with Crippen LogP contribution in [0.4, 0.5) is 0 Å². The van der Waals surface area contributed by atoms with Gasteiger partial charge in [0.1, 0.15) is 22.0 Å². The van der Waals surface area contributed by atoms with E-state index in [1.807, 2.05) is 81.4 Å². The fraction of sp³-hybridized carbons (Fsp3) is 0.160. The van der Waals surface area contributed by atoms with E-state index in [-0.39, 0.29) is 10.8 Å². The number of fused-ring (bicyclic) bond motifs is 1. The Labute approximate surface area is 199 Å². The second-order valence-corrected chi connectivity index (χ2v) is 10.2. The van der Waals surface area contributed by atoms with Gasteiger partial charge in [0.15, 0.2) is 0 Å². The van der Waals surface area contributed by atoms with Gasteiger partial charge in [-0.3, -0.25) is 4.79 Å². The van der Waals surface area contributed by atoms with Crippen molar-refractivity contribution < 1.29 is 0 Å². The molecule has 3 aromatic heterocycles. The number of nitrogens with zero attached hydrogens (tertiary/aromatic N) is 4. The van der Waals surface area contributed by atoms with E-state index < -0.39 is 0 Å². The highest BCUT2D eigenvalue weighted by molar-refractivity contribution is 7.99. The average molecular weight is 472 g/mol. The molecule has 0 bridgehead atoms. The van der Waals surface area contributed by atoms with Gasteiger partial charge in [-0.2, -0.15) is 0 Å². The molecule has 0 aliphatic carbocycles. The summed E-state index contributed by atoms with van der Waals surface area (Å²) in [5.74, 6) is 0.607. The number of benzene rings is 2. The molecular formula is C25H21N5OS2. The average Bonchev–Trinajstić information content (AvgIpc) is 3.13. The predicted molar refractivity (Wildman–Crippen MR) is 135 cm³/mol. The Hall–Kier alpha value is -3.36. The van der Waals surface area contributed by atoms with E-state index in [1.54, 1.807) is 11.3 Å². The second kappa shape index (κ2) is 8.88. The van der Waals surface area contributed by atoms with Crippen LogP contribution in [0.2, 0.25) is 0 Å². The van der Waals surface area contributed by atoms with Gasteiger partial charge in [0.2, 0.25) is 5.16 Å². The van der Waals surface area contributed by atoms with Gasteiger partial charge in [0.25, 0.3) is 5.56 Å². The summed E-state index contributed by atoms with van der Waals surface area (Å²) in [5, 5.41) is 9.98. The van der Waals surface area contributed by atoms with Crippen molar-refractivity contribution in [3.63, 3.8) is 0 Å². The van der Waals surface area contributed by atoms with E-state index in [0.29, 0.717) is 16.4 Å². The Morgan fingerprint density at radius 3 is 2.18 bits per heavy atom. The van der Waals surface area contributed by atoms with Crippen LogP contribution in [0.3, 0.4) is 0 Å². The first-order valence-electron chi connectivity index (χ1n) is 10.5. The van der Waals surface area contributed by atoms with Gasteiger partial charge in [-0.1, -0.05) is 72.4 Å². The van der Waals surface area contributed by atoms with E-state index >= 15 is 0 Å². The molecule has 0 saturated carbocycles. The van der Waals surface area contributed by atoms with Crippen LogP contribution in [-0.2, 0) is 0 Å². The smallest absolute Gasteiger partial charge is 0.259 e. The molecule has 33 heavy (non-hydrogen) atoms. The zero-order valence-corrected chi connectivity index (χ0v) is 20.0. The summed E-state index contributed by atoms with van der Waals surface area (Å²) in [7, 11) is 0. The van der Waals surface area contributed by atoms with Gasteiger partial charge >= 0.3 is 0 Å². The second-order valence-electron chi connectivity index (χ2n) is 7.70. The summed E-state index contributed by atoms with van der Waals surface area (Å²) in [5.41, 5.74) is 4.32. The number of aromatic nitrogens is 5. The van der Waals surface area contributed by atoms with E-state index in [9.17, 15) is 4.79 Å². The lowest BCUT2D eigenvalue weighted by Crippen LogP contribution is -2.12. The number of H-pyrrole nitrogens is 1. The summed E-state index contributed by atoms with van der Waals surface area (Å²) in [6, 6.07) is 19.9. The van der Waals surface area contributed by atoms with E-state index in [0.717, 1.165) is 37.8 Å². The van der Waals surface area contributed by atoms with Crippen molar-refractivity contribution in [1.82, 2.24) is 25.1 Å². The minimum absolute atomic E-state index is 0.104. The standard InChI is InChI=1S/C25H21N5OS2/c1-14-15(2)32-24-19(14)23(31)27-22(28-24)16(3)33-25-26-20(17-10-6-4-7-11-17)21(29-30-25)18-12-8-5-9-13-18/h4-13,16H,1-3H3,(H,27,28,31). The molecule has 0 fully saturated rings. The molecule has 0 saturated heterocycles. The number of nitrogens with one attached hydrogen (secondary N) is 1. The fourth-order valence-electron chi connectivity index (χ4n) is 3.63. The number of aryl methyl sites for hydroxylation is 2. The van der Waals surface area contributed by atoms with Crippen LogP contribution >= 0.6 is 23.1 Å². The minimum Gasteiger partial charge on any atom is -0.309 e. The molecule has 3 heterocycles. The largest absolute Gasteiger partial charge is 0.309 e. The van der Waals surface area contributed by atoms with Gasteiger partial charge in [0, 0.05) is 16.0 Å². The van der Waals surface area contributed by atoms with Gasteiger partial charge in [-0.15, -0.1) is 21.5 Å². The zero-order chi connectivity index (χ0) is 22.9. The number of hydrogen-bond donors (Lipinski definition) is 1. The van der Waals surface area contributed by atoms with Crippen LogP contribution in [0.15, 0.2) is 70.6 Å². The molecule has 0 spiro atoms. The fourth-order valence-corrected chi connectivity index (χ4v) is 5.44. The number of rotatable bonds is 5. The molecule has 5 rings (SSSR count). The number of thiophene rings is 1. The molecule has 1 N–H and O–H groups in total. The van der Waals surface area contributed by atoms with E-state index in [1.165, 1.54) is 11.8 Å². The minimum atomic E-state index is -0.155. The molecule has 0 amide bonds. The van der Waals surface area contributed by atoms with Crippen LogP contribution in [0, 0.1) is 13.8 Å². The Bertz CT molecular complexity index is 1500. The highest BCUT2D eigenvalue weighted by Gasteiger charge is 2.19. The van der Waals surface area contributed by atoms with Crippen LogP contribution in [-0.4, -0.2) is 25.1 Å². The van der Waals surface area contributed by atoms with Crippen molar-refractivity contribution in [2.75, 3.05) is 0 Å². The topological polar surface area (TPSA) is 84.4 Å². The maximum atomic E-state index is 12.7. The highest BCUT2D eigenvalue weighted by atomic mass is 32.2. The molecule has 0 radical (unpaired) electrons. The summed E-state index contributed by atoms with van der Waals surface area (Å²) in [6.07, 6.45) is 0. The third-order valence-corrected chi connectivity index (χ3v) is 7.55. The van der Waals surface area contributed by atoms with Crippen molar-refractivity contribution in [2.24, 2.45) is 0 Å². The molecule has 0 aliphatic heterocycles. The first kappa shape index (κ1) is 21.5. The van der Waals surface area contributed by atoms with Crippen LogP contribution < -0.4 is 5.56 Å². The predicted octanol–water partition coefficient (Wildman–Crippen LogP) is 5.97. The third kappa shape index (κ3) is 4.19. The highest BCUT2D eigenvalue weighted by Crippen LogP contribution is 2.35. The number of aromatic amines is 1. The van der Waals surface area contributed by atoms with Gasteiger partial charge in [0.05, 0.1) is 10.6 Å². The summed E-state index contributed by atoms with van der Waals surface area (Å²) in [6.45, 7) is 5.96. The summed E-state index contributed by atoms with van der Waals surface area (Å²) < 4.78 is 0. The lowest BCUT2D eigenvalue weighted by molar-refractivity contribution is 0.837. The first-order chi connectivity index (χ1) is 16.0. The van der Waals surface area contributed by atoms with Gasteiger partial charge in [-0.05, 0) is 26.3 Å². The molecule has 0 aliphatic rings. The number of thioether (sulfide) groups is 1. The monoisotopic (exact) mass is 471 g/mol. The summed E-state index contributed by atoms with van der Waals surface area (Å²) >= 11 is 2.97.